The molecule has 0 aromatic carbocycles. The van der Waals surface area contributed by atoms with E-state index < -0.39 is 11.7 Å². The number of aliphatic hydroxyl groups excluding tert-OH is 1. The zero-order valence-electron chi connectivity index (χ0n) is 20.0. The largest absolute Gasteiger partial charge is 0.444 e. The lowest BCUT2D eigenvalue weighted by Gasteiger charge is -2.32. The fourth-order valence-electron chi connectivity index (χ4n) is 4.70. The second kappa shape index (κ2) is 9.39. The van der Waals surface area contributed by atoms with E-state index in [4.69, 9.17) is 19.4 Å². The van der Waals surface area contributed by atoms with Crippen molar-refractivity contribution in [1.29, 1.82) is 0 Å². The maximum Gasteiger partial charge on any atom is 0.410 e. The summed E-state index contributed by atoms with van der Waals surface area (Å²) in [5.74, 6) is 0.882. The van der Waals surface area contributed by atoms with Crippen LogP contribution in [0.5, 0.6) is 0 Å². The number of aliphatic hydroxyl groups is 1. The first-order chi connectivity index (χ1) is 16.3. The van der Waals surface area contributed by atoms with Crippen molar-refractivity contribution in [3.63, 3.8) is 0 Å². The number of nitrogens with zero attached hydrogens (tertiary/aromatic N) is 4. The van der Waals surface area contributed by atoms with Crippen LogP contribution < -0.4 is 5.32 Å². The van der Waals surface area contributed by atoms with Gasteiger partial charge >= 0.3 is 6.09 Å². The van der Waals surface area contributed by atoms with E-state index in [0.29, 0.717) is 38.2 Å². The van der Waals surface area contributed by atoms with E-state index in [1.807, 2.05) is 27.0 Å². The number of carbonyl (C=O) groups is 1. The number of ether oxygens (including phenoxy) is 2. The lowest BCUT2D eigenvalue weighted by Crippen LogP contribution is -2.42. The van der Waals surface area contributed by atoms with Gasteiger partial charge in [0, 0.05) is 31.8 Å². The van der Waals surface area contributed by atoms with Gasteiger partial charge in [0.25, 0.3) is 0 Å². The molecule has 34 heavy (non-hydrogen) atoms. The van der Waals surface area contributed by atoms with Crippen LogP contribution in [0.4, 0.5) is 10.7 Å². The minimum atomic E-state index is -0.564. The Morgan fingerprint density at radius 2 is 2.03 bits per heavy atom. The number of anilines is 1. The number of thiazole rings is 1. The summed E-state index contributed by atoms with van der Waals surface area (Å²) < 4.78 is 10.8. The quantitative estimate of drug-likeness (QED) is 0.678. The first kappa shape index (κ1) is 23.4. The van der Waals surface area contributed by atoms with Crippen LogP contribution in [0.3, 0.4) is 0 Å². The van der Waals surface area contributed by atoms with Gasteiger partial charge < -0.3 is 24.8 Å². The number of hydrogen-bond donors (Lipinski definition) is 2. The number of likely N-dealkylation sites (tertiary alicyclic amines) is 1. The average molecular weight is 488 g/mol. The number of aryl methyl sites for hydroxylation is 2. The minimum Gasteiger partial charge on any atom is -0.444 e. The molecule has 3 aliphatic rings. The highest BCUT2D eigenvalue weighted by Gasteiger charge is 2.31. The highest BCUT2D eigenvalue weighted by atomic mass is 32.1. The Morgan fingerprint density at radius 3 is 2.76 bits per heavy atom. The Balaban J connectivity index is 1.29. The molecule has 2 fully saturated rings. The molecule has 4 heterocycles. The van der Waals surface area contributed by atoms with Gasteiger partial charge in [0.05, 0.1) is 40.0 Å². The van der Waals surface area contributed by atoms with Crippen LogP contribution in [0.15, 0.2) is 6.20 Å². The van der Waals surface area contributed by atoms with Gasteiger partial charge in [-0.25, -0.2) is 19.7 Å². The molecule has 0 spiro atoms. The summed E-state index contributed by atoms with van der Waals surface area (Å²) in [7, 11) is 0. The molecular formula is C24H33N5O4S. The van der Waals surface area contributed by atoms with Crippen molar-refractivity contribution in [2.45, 2.75) is 76.5 Å². The summed E-state index contributed by atoms with van der Waals surface area (Å²) in [5, 5.41) is 14.6. The van der Waals surface area contributed by atoms with Gasteiger partial charge in [0.2, 0.25) is 5.95 Å². The molecule has 184 valence electrons. The van der Waals surface area contributed by atoms with Gasteiger partial charge in [-0.1, -0.05) is 0 Å². The molecule has 0 bridgehead atoms. The number of fused-ring (bicyclic) bond motifs is 3. The van der Waals surface area contributed by atoms with Gasteiger partial charge in [-0.05, 0) is 58.4 Å². The van der Waals surface area contributed by atoms with Crippen LogP contribution in [-0.2, 0) is 22.3 Å². The number of amides is 1. The SMILES string of the molecule is CC(C)(C)OC(=O)N1CCC(c2nc3c(s2)-c2nc(N[C@@H]4CCOC[C@H]4O)ncc2CC3)CC1. The van der Waals surface area contributed by atoms with Crippen molar-refractivity contribution in [2.24, 2.45) is 0 Å². The smallest absolute Gasteiger partial charge is 0.410 e. The first-order valence-corrected chi connectivity index (χ1v) is 12.9. The van der Waals surface area contributed by atoms with Gasteiger partial charge in [0.15, 0.2) is 0 Å². The zero-order valence-corrected chi connectivity index (χ0v) is 20.9. The Kier molecular flexibility index (Phi) is 6.47. The summed E-state index contributed by atoms with van der Waals surface area (Å²) >= 11 is 1.73. The highest BCUT2D eigenvalue weighted by Crippen LogP contribution is 2.41. The second-order valence-electron chi connectivity index (χ2n) is 10.3. The molecule has 2 aromatic rings. The van der Waals surface area contributed by atoms with Gasteiger partial charge in [-0.2, -0.15) is 0 Å². The highest BCUT2D eigenvalue weighted by molar-refractivity contribution is 7.15. The molecule has 9 nitrogen and oxygen atoms in total. The van der Waals surface area contributed by atoms with Gasteiger partial charge in [0.1, 0.15) is 5.60 Å². The van der Waals surface area contributed by atoms with Crippen LogP contribution in [0.2, 0.25) is 0 Å². The third-order valence-corrected chi connectivity index (χ3v) is 7.83. The number of aromatic nitrogens is 3. The summed E-state index contributed by atoms with van der Waals surface area (Å²) in [4.78, 5) is 29.7. The molecule has 2 atom stereocenters. The molecule has 2 saturated heterocycles. The Labute approximate surface area is 203 Å². The molecule has 1 amide bonds. The number of hydrogen-bond acceptors (Lipinski definition) is 9. The monoisotopic (exact) mass is 487 g/mol. The van der Waals surface area contributed by atoms with Crippen LogP contribution in [0.25, 0.3) is 10.6 Å². The number of piperidine rings is 1. The first-order valence-electron chi connectivity index (χ1n) is 12.1. The minimum absolute atomic E-state index is 0.109. The lowest BCUT2D eigenvalue weighted by atomic mass is 9.97. The Bertz CT molecular complexity index is 1040. The Morgan fingerprint density at radius 1 is 1.24 bits per heavy atom. The second-order valence-corrected chi connectivity index (χ2v) is 11.3. The molecule has 0 unspecified atom stereocenters. The topological polar surface area (TPSA) is 110 Å². The summed E-state index contributed by atoms with van der Waals surface area (Å²) in [6.07, 6.45) is 5.37. The maximum atomic E-state index is 12.4. The molecule has 2 aliphatic heterocycles. The van der Waals surface area contributed by atoms with E-state index in [0.717, 1.165) is 58.9 Å². The van der Waals surface area contributed by atoms with Crippen LogP contribution in [0.1, 0.15) is 62.2 Å². The standard InChI is InChI=1S/C24H33N5O4S/c1-24(2,3)33-23(31)29-9-6-14(7-10-29)21-26-17-5-4-15-12-25-22(28-19(15)20(17)34-21)27-16-8-11-32-13-18(16)30/h12,14,16,18,30H,4-11,13H2,1-3H3,(H,25,27,28)/t16-,18-/m1/s1. The number of nitrogens with one attached hydrogen (secondary N) is 1. The molecule has 5 rings (SSSR count). The molecule has 2 aromatic heterocycles. The van der Waals surface area contributed by atoms with Crippen molar-refractivity contribution in [1.82, 2.24) is 19.9 Å². The third kappa shape index (κ3) is 5.04. The van der Waals surface area contributed by atoms with Crippen molar-refractivity contribution < 1.29 is 19.4 Å². The predicted molar refractivity (Wildman–Crippen MR) is 129 cm³/mol. The van der Waals surface area contributed by atoms with Crippen LogP contribution in [0, 0.1) is 0 Å². The molecule has 2 N–H and O–H groups in total. The fourth-order valence-corrected chi connectivity index (χ4v) is 6.01. The van der Waals surface area contributed by atoms with Gasteiger partial charge in [-0.15, -0.1) is 11.3 Å². The average Bonchev–Trinajstić information content (AvgIpc) is 3.25. The van der Waals surface area contributed by atoms with Crippen molar-refractivity contribution in [3.8, 4) is 10.6 Å². The van der Waals surface area contributed by atoms with Gasteiger partial charge in [-0.3, -0.25) is 0 Å². The van der Waals surface area contributed by atoms with E-state index >= 15 is 0 Å². The summed E-state index contributed by atoms with van der Waals surface area (Å²) in [6, 6.07) is -0.109. The molecule has 0 saturated carbocycles. The Hall–Kier alpha value is -2.30. The van der Waals surface area contributed by atoms with Crippen molar-refractivity contribution >= 4 is 23.4 Å². The van der Waals surface area contributed by atoms with Crippen molar-refractivity contribution in [3.05, 3.63) is 22.5 Å². The van der Waals surface area contributed by atoms with Crippen molar-refractivity contribution in [2.75, 3.05) is 31.6 Å². The summed E-state index contributed by atoms with van der Waals surface area (Å²) in [6.45, 7) is 8.00. The van der Waals surface area contributed by atoms with Crippen LogP contribution >= 0.6 is 11.3 Å². The van der Waals surface area contributed by atoms with E-state index in [1.54, 1.807) is 16.2 Å². The number of rotatable bonds is 3. The fraction of sp³-hybridized carbons (Fsp3) is 0.667. The van der Waals surface area contributed by atoms with E-state index in [-0.39, 0.29) is 12.1 Å². The summed E-state index contributed by atoms with van der Waals surface area (Å²) in [5.41, 5.74) is 2.72. The molecular weight excluding hydrogens is 454 g/mol. The molecule has 10 heteroatoms. The van der Waals surface area contributed by atoms with Crippen LogP contribution in [-0.4, -0.2) is 75.1 Å². The zero-order chi connectivity index (χ0) is 23.9. The van der Waals surface area contributed by atoms with E-state index in [1.165, 1.54) is 0 Å². The van der Waals surface area contributed by atoms with E-state index in [9.17, 15) is 9.90 Å². The lowest BCUT2D eigenvalue weighted by molar-refractivity contribution is -0.0136. The normalized spacial score (nSPS) is 23.2. The molecule has 1 aliphatic carbocycles. The van der Waals surface area contributed by atoms with E-state index in [2.05, 4.69) is 10.3 Å². The number of carbonyl (C=O) groups excluding carboxylic acids is 1. The predicted octanol–water partition coefficient (Wildman–Crippen LogP) is 3.37. The molecule has 0 radical (unpaired) electrons. The maximum absolute atomic E-state index is 12.4. The third-order valence-electron chi connectivity index (χ3n) is 6.56.